The number of hydrogen-bond donors (Lipinski definition) is 1. The van der Waals surface area contributed by atoms with Crippen LogP contribution in [0.5, 0.6) is 0 Å². The first kappa shape index (κ1) is 17.8. The van der Waals surface area contributed by atoms with E-state index < -0.39 is 11.7 Å². The Balaban J connectivity index is 1.80. The third kappa shape index (κ3) is 5.53. The highest BCUT2D eigenvalue weighted by atomic mass is 32.1. The number of thiophene rings is 1. The van der Waals surface area contributed by atoms with Crippen LogP contribution in [0.3, 0.4) is 0 Å². The molecule has 0 bridgehead atoms. The molecule has 128 valence electrons. The van der Waals surface area contributed by atoms with Crippen LogP contribution in [-0.4, -0.2) is 35.6 Å². The minimum absolute atomic E-state index is 0.0140. The highest BCUT2D eigenvalue weighted by molar-refractivity contribution is 7.09. The van der Waals surface area contributed by atoms with Crippen LogP contribution in [-0.2, 0) is 16.1 Å². The van der Waals surface area contributed by atoms with Crippen LogP contribution in [0, 0.1) is 5.92 Å². The lowest BCUT2D eigenvalue weighted by Crippen LogP contribution is -2.38. The SMILES string of the molecule is CN(Cc1cccs1)C(=O)[C@@H]1CC[C@@H](NC(=O)OC(C)(C)C)C1. The minimum atomic E-state index is -0.501. The van der Waals surface area contributed by atoms with Gasteiger partial charge in [0.25, 0.3) is 0 Å². The molecule has 1 saturated carbocycles. The van der Waals surface area contributed by atoms with Crippen molar-refractivity contribution in [3.63, 3.8) is 0 Å². The van der Waals surface area contributed by atoms with E-state index in [0.717, 1.165) is 12.8 Å². The molecule has 1 fully saturated rings. The van der Waals surface area contributed by atoms with Gasteiger partial charge >= 0.3 is 6.09 Å². The highest BCUT2D eigenvalue weighted by Gasteiger charge is 2.33. The van der Waals surface area contributed by atoms with Crippen LogP contribution in [0.15, 0.2) is 17.5 Å². The van der Waals surface area contributed by atoms with Gasteiger partial charge in [0.2, 0.25) is 5.91 Å². The number of ether oxygens (including phenoxy) is 1. The molecular formula is C17H26N2O3S. The first-order valence-electron chi connectivity index (χ1n) is 8.01. The molecule has 0 unspecified atom stereocenters. The summed E-state index contributed by atoms with van der Waals surface area (Å²) in [5.41, 5.74) is -0.501. The maximum absolute atomic E-state index is 12.5. The maximum Gasteiger partial charge on any atom is 0.407 e. The summed E-state index contributed by atoms with van der Waals surface area (Å²) >= 11 is 1.66. The zero-order valence-electron chi connectivity index (χ0n) is 14.3. The normalized spacial score (nSPS) is 21.0. The van der Waals surface area contributed by atoms with Gasteiger partial charge in [-0.05, 0) is 51.5 Å². The van der Waals surface area contributed by atoms with Gasteiger partial charge in [-0.2, -0.15) is 0 Å². The summed E-state index contributed by atoms with van der Waals surface area (Å²) in [6.07, 6.45) is 1.92. The van der Waals surface area contributed by atoms with Gasteiger partial charge in [-0.3, -0.25) is 4.79 Å². The monoisotopic (exact) mass is 338 g/mol. The molecule has 5 nitrogen and oxygen atoms in total. The molecule has 1 aliphatic carbocycles. The van der Waals surface area contributed by atoms with E-state index in [1.165, 1.54) is 4.88 Å². The van der Waals surface area contributed by atoms with Crippen molar-refractivity contribution >= 4 is 23.3 Å². The third-order valence-electron chi connectivity index (χ3n) is 3.85. The zero-order valence-corrected chi connectivity index (χ0v) is 15.1. The van der Waals surface area contributed by atoms with E-state index in [4.69, 9.17) is 4.74 Å². The predicted molar refractivity (Wildman–Crippen MR) is 91.3 cm³/mol. The van der Waals surface area contributed by atoms with Crippen molar-refractivity contribution in [2.24, 2.45) is 5.92 Å². The van der Waals surface area contributed by atoms with Crippen molar-refractivity contribution in [1.29, 1.82) is 0 Å². The molecule has 0 saturated heterocycles. The Kier molecular flexibility index (Phi) is 5.68. The summed E-state index contributed by atoms with van der Waals surface area (Å²) in [7, 11) is 1.84. The summed E-state index contributed by atoms with van der Waals surface area (Å²) < 4.78 is 5.27. The fraction of sp³-hybridized carbons (Fsp3) is 0.647. The van der Waals surface area contributed by atoms with E-state index in [1.54, 1.807) is 16.2 Å². The fourth-order valence-corrected chi connectivity index (χ4v) is 3.59. The molecule has 0 aliphatic heterocycles. The van der Waals surface area contributed by atoms with Crippen molar-refractivity contribution in [3.8, 4) is 0 Å². The Hall–Kier alpha value is -1.56. The topological polar surface area (TPSA) is 58.6 Å². The Labute approximate surface area is 142 Å². The van der Waals surface area contributed by atoms with Crippen molar-refractivity contribution in [2.45, 2.75) is 58.2 Å². The molecule has 1 aliphatic rings. The highest BCUT2D eigenvalue weighted by Crippen LogP contribution is 2.28. The average Bonchev–Trinajstić information content (AvgIpc) is 3.07. The second-order valence-corrected chi connectivity index (χ2v) is 8.16. The van der Waals surface area contributed by atoms with E-state index in [-0.39, 0.29) is 17.9 Å². The largest absolute Gasteiger partial charge is 0.444 e. The number of nitrogens with one attached hydrogen (secondary N) is 1. The third-order valence-corrected chi connectivity index (χ3v) is 4.71. The van der Waals surface area contributed by atoms with Crippen LogP contribution < -0.4 is 5.32 Å². The maximum atomic E-state index is 12.5. The van der Waals surface area contributed by atoms with Crippen molar-refractivity contribution in [2.75, 3.05) is 7.05 Å². The van der Waals surface area contributed by atoms with E-state index in [9.17, 15) is 9.59 Å². The second-order valence-electron chi connectivity index (χ2n) is 7.13. The van der Waals surface area contributed by atoms with Gasteiger partial charge in [0.1, 0.15) is 5.60 Å². The van der Waals surface area contributed by atoms with E-state index in [1.807, 2.05) is 45.3 Å². The number of rotatable bonds is 4. The van der Waals surface area contributed by atoms with Crippen LogP contribution in [0.25, 0.3) is 0 Å². The lowest BCUT2D eigenvalue weighted by atomic mass is 10.1. The van der Waals surface area contributed by atoms with Crippen LogP contribution in [0.4, 0.5) is 4.79 Å². The Bertz CT molecular complexity index is 537. The zero-order chi connectivity index (χ0) is 17.0. The molecule has 2 atom stereocenters. The standard InChI is InChI=1S/C17H26N2O3S/c1-17(2,3)22-16(21)18-13-8-7-12(10-13)15(20)19(4)11-14-6-5-9-23-14/h5-6,9,12-13H,7-8,10-11H2,1-4H3,(H,18,21)/t12-,13-/m1/s1. The number of carbonyl (C=O) groups is 2. The lowest BCUT2D eigenvalue weighted by molar-refractivity contribution is -0.134. The number of nitrogens with zero attached hydrogens (tertiary/aromatic N) is 1. The molecule has 1 aromatic heterocycles. The fourth-order valence-electron chi connectivity index (χ4n) is 2.84. The van der Waals surface area contributed by atoms with E-state index in [0.29, 0.717) is 13.0 Å². The molecule has 6 heteroatoms. The lowest BCUT2D eigenvalue weighted by Gasteiger charge is -2.22. The summed E-state index contributed by atoms with van der Waals surface area (Å²) in [6, 6.07) is 4.05. The second kappa shape index (κ2) is 7.34. The van der Waals surface area contributed by atoms with Gasteiger partial charge in [-0.1, -0.05) is 6.07 Å². The van der Waals surface area contributed by atoms with Crippen LogP contribution >= 0.6 is 11.3 Å². The molecular weight excluding hydrogens is 312 g/mol. The van der Waals surface area contributed by atoms with Crippen molar-refractivity contribution in [1.82, 2.24) is 10.2 Å². The van der Waals surface area contributed by atoms with Gasteiger partial charge < -0.3 is 15.0 Å². The molecule has 0 aromatic carbocycles. The average molecular weight is 338 g/mol. The van der Waals surface area contributed by atoms with Crippen LogP contribution in [0.2, 0.25) is 0 Å². The smallest absolute Gasteiger partial charge is 0.407 e. The van der Waals surface area contributed by atoms with Gasteiger partial charge in [0, 0.05) is 23.9 Å². The Morgan fingerprint density at radius 1 is 1.39 bits per heavy atom. The molecule has 2 amide bonds. The molecule has 23 heavy (non-hydrogen) atoms. The molecule has 0 spiro atoms. The summed E-state index contributed by atoms with van der Waals surface area (Å²) in [6.45, 7) is 6.17. The number of hydrogen-bond acceptors (Lipinski definition) is 4. The quantitative estimate of drug-likeness (QED) is 0.915. The molecule has 1 aromatic rings. The van der Waals surface area contributed by atoms with E-state index in [2.05, 4.69) is 5.32 Å². The molecule has 0 radical (unpaired) electrons. The van der Waals surface area contributed by atoms with E-state index >= 15 is 0 Å². The summed E-state index contributed by atoms with van der Waals surface area (Å²) in [5.74, 6) is 0.145. The summed E-state index contributed by atoms with van der Waals surface area (Å²) in [5, 5.41) is 4.89. The molecule has 1 N–H and O–H groups in total. The first-order chi connectivity index (χ1) is 10.7. The summed E-state index contributed by atoms with van der Waals surface area (Å²) in [4.78, 5) is 27.3. The number of carbonyl (C=O) groups excluding carboxylic acids is 2. The van der Waals surface area contributed by atoms with Gasteiger partial charge in [-0.25, -0.2) is 4.79 Å². The number of amides is 2. The predicted octanol–water partition coefficient (Wildman–Crippen LogP) is 3.40. The molecule has 1 heterocycles. The minimum Gasteiger partial charge on any atom is -0.444 e. The van der Waals surface area contributed by atoms with Crippen molar-refractivity contribution in [3.05, 3.63) is 22.4 Å². The Morgan fingerprint density at radius 2 is 2.13 bits per heavy atom. The first-order valence-corrected chi connectivity index (χ1v) is 8.89. The van der Waals surface area contributed by atoms with Gasteiger partial charge in [0.15, 0.2) is 0 Å². The van der Waals surface area contributed by atoms with Gasteiger partial charge in [0.05, 0.1) is 6.54 Å². The Morgan fingerprint density at radius 3 is 2.74 bits per heavy atom. The van der Waals surface area contributed by atoms with Gasteiger partial charge in [-0.15, -0.1) is 11.3 Å². The molecule has 2 rings (SSSR count). The number of alkyl carbamates (subject to hydrolysis) is 1. The van der Waals surface area contributed by atoms with Crippen LogP contribution in [0.1, 0.15) is 44.9 Å². The van der Waals surface area contributed by atoms with Crippen molar-refractivity contribution < 1.29 is 14.3 Å².